The maximum atomic E-state index is 11.0. The molecule has 0 atom stereocenters. The number of ether oxygens (including phenoxy) is 1. The molecule has 2 aromatic carbocycles. The molecule has 6 heteroatoms. The van der Waals surface area contributed by atoms with Crippen LogP contribution in [0.5, 0.6) is 11.5 Å². The van der Waals surface area contributed by atoms with Gasteiger partial charge >= 0.3 is 5.69 Å². The van der Waals surface area contributed by atoms with E-state index in [0.29, 0.717) is 16.8 Å². The first-order chi connectivity index (χ1) is 9.51. The highest BCUT2D eigenvalue weighted by molar-refractivity contribution is 9.10. The number of nitro benzene ring substituents is 1. The molecular weight excluding hydrogens is 324 g/mol. The number of benzene rings is 2. The minimum absolute atomic E-state index is 0.0644. The number of nitrogens with two attached hydrogens (primary N) is 1. The molecule has 0 aromatic heterocycles. The normalized spacial score (nSPS) is 10.3. The van der Waals surface area contributed by atoms with Crippen molar-refractivity contribution in [1.82, 2.24) is 0 Å². The Morgan fingerprint density at radius 1 is 1.25 bits per heavy atom. The summed E-state index contributed by atoms with van der Waals surface area (Å²) < 4.78 is 6.36. The summed E-state index contributed by atoms with van der Waals surface area (Å²) >= 11 is 3.38. The van der Waals surface area contributed by atoms with E-state index in [2.05, 4.69) is 15.9 Å². The Bertz CT molecular complexity index is 659. The Morgan fingerprint density at radius 3 is 2.60 bits per heavy atom. The second-order valence-electron chi connectivity index (χ2n) is 4.30. The second-order valence-corrected chi connectivity index (χ2v) is 5.15. The lowest BCUT2D eigenvalue weighted by Gasteiger charge is -2.10. The number of nitro groups is 1. The quantitative estimate of drug-likeness (QED) is 0.677. The maximum Gasteiger partial charge on any atom is 0.311 e. The Balaban J connectivity index is 2.39. The molecular formula is C14H13BrN2O3. The molecule has 0 saturated heterocycles. The summed E-state index contributed by atoms with van der Waals surface area (Å²) in [5.74, 6) is 0.729. The average Bonchev–Trinajstić information content (AvgIpc) is 2.40. The minimum atomic E-state index is -0.461. The van der Waals surface area contributed by atoms with Gasteiger partial charge in [-0.25, -0.2) is 0 Å². The first-order valence-corrected chi connectivity index (χ1v) is 6.72. The van der Waals surface area contributed by atoms with Crippen LogP contribution in [0.1, 0.15) is 11.1 Å². The van der Waals surface area contributed by atoms with Gasteiger partial charge in [-0.05, 0) is 52.2 Å². The lowest BCUT2D eigenvalue weighted by molar-refractivity contribution is -0.385. The fourth-order valence-electron chi connectivity index (χ4n) is 1.73. The molecule has 0 spiro atoms. The number of halogens is 1. The van der Waals surface area contributed by atoms with Crippen LogP contribution in [0, 0.1) is 17.0 Å². The maximum absolute atomic E-state index is 11.0. The molecule has 0 fully saturated rings. The molecule has 2 aromatic rings. The highest BCUT2D eigenvalue weighted by Crippen LogP contribution is 2.35. The number of hydrogen-bond acceptors (Lipinski definition) is 4. The summed E-state index contributed by atoms with van der Waals surface area (Å²) in [6.45, 7) is 2.27. The lowest BCUT2D eigenvalue weighted by atomic mass is 10.2. The molecule has 0 aliphatic carbocycles. The van der Waals surface area contributed by atoms with Gasteiger partial charge in [0.15, 0.2) is 0 Å². The van der Waals surface area contributed by atoms with Gasteiger partial charge in [-0.1, -0.05) is 12.1 Å². The van der Waals surface area contributed by atoms with Crippen LogP contribution in [0.4, 0.5) is 5.69 Å². The third kappa shape index (κ3) is 3.15. The summed E-state index contributed by atoms with van der Waals surface area (Å²) in [5, 5.41) is 11.0. The molecule has 20 heavy (non-hydrogen) atoms. The van der Waals surface area contributed by atoms with Crippen molar-refractivity contribution in [2.24, 2.45) is 5.73 Å². The Kier molecular flexibility index (Phi) is 4.36. The molecule has 5 nitrogen and oxygen atoms in total. The van der Waals surface area contributed by atoms with Crippen molar-refractivity contribution in [3.8, 4) is 11.5 Å². The SMILES string of the molecule is Cc1ccc([N+](=O)[O-])c(Oc2ccc(CN)cc2Br)c1. The van der Waals surface area contributed by atoms with Gasteiger partial charge in [0.2, 0.25) is 5.75 Å². The van der Waals surface area contributed by atoms with Gasteiger partial charge in [-0.2, -0.15) is 0 Å². The van der Waals surface area contributed by atoms with Crippen molar-refractivity contribution in [3.05, 3.63) is 62.1 Å². The summed E-state index contributed by atoms with van der Waals surface area (Å²) in [5.41, 5.74) is 7.33. The molecule has 0 aliphatic rings. The van der Waals surface area contributed by atoms with Crippen LogP contribution in [0.2, 0.25) is 0 Å². The summed E-state index contributed by atoms with van der Waals surface area (Å²) in [6.07, 6.45) is 0. The van der Waals surface area contributed by atoms with Gasteiger partial charge in [-0.3, -0.25) is 10.1 Å². The molecule has 0 aliphatic heterocycles. The third-order valence-corrected chi connectivity index (χ3v) is 3.38. The van der Waals surface area contributed by atoms with Crippen molar-refractivity contribution >= 4 is 21.6 Å². The molecule has 104 valence electrons. The molecule has 2 N–H and O–H groups in total. The average molecular weight is 337 g/mol. The zero-order valence-corrected chi connectivity index (χ0v) is 12.4. The largest absolute Gasteiger partial charge is 0.449 e. The van der Waals surface area contributed by atoms with Crippen LogP contribution in [-0.4, -0.2) is 4.92 Å². The van der Waals surface area contributed by atoms with Gasteiger partial charge in [0, 0.05) is 12.6 Å². The van der Waals surface area contributed by atoms with E-state index in [1.165, 1.54) is 6.07 Å². The highest BCUT2D eigenvalue weighted by atomic mass is 79.9. The molecule has 0 amide bonds. The summed E-state index contributed by atoms with van der Waals surface area (Å²) in [6, 6.07) is 10.1. The van der Waals surface area contributed by atoms with Crippen LogP contribution in [0.25, 0.3) is 0 Å². The zero-order valence-electron chi connectivity index (χ0n) is 10.8. The number of hydrogen-bond donors (Lipinski definition) is 1. The number of nitrogens with zero attached hydrogens (tertiary/aromatic N) is 1. The van der Waals surface area contributed by atoms with Crippen LogP contribution in [0.15, 0.2) is 40.9 Å². The zero-order chi connectivity index (χ0) is 14.7. The number of aryl methyl sites for hydroxylation is 1. The van der Waals surface area contributed by atoms with Crippen molar-refractivity contribution < 1.29 is 9.66 Å². The molecule has 0 radical (unpaired) electrons. The Hall–Kier alpha value is -1.92. The van der Waals surface area contributed by atoms with E-state index in [1.54, 1.807) is 18.2 Å². The van der Waals surface area contributed by atoms with Gasteiger partial charge < -0.3 is 10.5 Å². The first kappa shape index (κ1) is 14.5. The predicted octanol–water partition coefficient (Wildman–Crippen LogP) is 3.92. The fraction of sp³-hybridized carbons (Fsp3) is 0.143. The predicted molar refractivity (Wildman–Crippen MR) is 79.9 cm³/mol. The van der Waals surface area contributed by atoms with E-state index in [-0.39, 0.29) is 11.4 Å². The van der Waals surface area contributed by atoms with Gasteiger partial charge in [0.05, 0.1) is 9.40 Å². The second kappa shape index (κ2) is 6.02. The molecule has 0 saturated carbocycles. The van der Waals surface area contributed by atoms with Crippen LogP contribution in [-0.2, 0) is 6.54 Å². The van der Waals surface area contributed by atoms with E-state index in [4.69, 9.17) is 10.5 Å². The highest BCUT2D eigenvalue weighted by Gasteiger charge is 2.16. The van der Waals surface area contributed by atoms with Crippen molar-refractivity contribution in [2.75, 3.05) is 0 Å². The summed E-state index contributed by atoms with van der Waals surface area (Å²) in [4.78, 5) is 10.5. The van der Waals surface area contributed by atoms with Gasteiger partial charge in [0.25, 0.3) is 0 Å². The van der Waals surface area contributed by atoms with Gasteiger partial charge in [-0.15, -0.1) is 0 Å². The van der Waals surface area contributed by atoms with Crippen LogP contribution < -0.4 is 10.5 Å². The minimum Gasteiger partial charge on any atom is -0.449 e. The van der Waals surface area contributed by atoms with Crippen LogP contribution >= 0.6 is 15.9 Å². The smallest absolute Gasteiger partial charge is 0.311 e. The van der Waals surface area contributed by atoms with Crippen LogP contribution in [0.3, 0.4) is 0 Å². The lowest BCUT2D eigenvalue weighted by Crippen LogP contribution is -1.97. The standard InChI is InChI=1S/C14H13BrN2O3/c1-9-2-4-12(17(18)19)14(6-9)20-13-5-3-10(8-16)7-11(13)15/h2-7H,8,16H2,1H3. The molecule has 0 unspecified atom stereocenters. The van der Waals surface area contributed by atoms with Crippen molar-refractivity contribution in [3.63, 3.8) is 0 Å². The third-order valence-electron chi connectivity index (χ3n) is 2.76. The molecule has 0 bridgehead atoms. The van der Waals surface area contributed by atoms with E-state index in [9.17, 15) is 10.1 Å². The van der Waals surface area contributed by atoms with Crippen molar-refractivity contribution in [1.29, 1.82) is 0 Å². The van der Waals surface area contributed by atoms with Gasteiger partial charge in [0.1, 0.15) is 5.75 Å². The van der Waals surface area contributed by atoms with Crippen molar-refractivity contribution in [2.45, 2.75) is 13.5 Å². The van der Waals surface area contributed by atoms with E-state index in [0.717, 1.165) is 11.1 Å². The molecule has 0 heterocycles. The molecule has 2 rings (SSSR count). The summed E-state index contributed by atoms with van der Waals surface area (Å²) in [7, 11) is 0. The number of rotatable bonds is 4. The first-order valence-electron chi connectivity index (χ1n) is 5.92. The van der Waals surface area contributed by atoms with E-state index in [1.807, 2.05) is 19.1 Å². The van der Waals surface area contributed by atoms with E-state index < -0.39 is 4.92 Å². The Morgan fingerprint density at radius 2 is 2.00 bits per heavy atom. The van der Waals surface area contributed by atoms with E-state index >= 15 is 0 Å². The Labute approximate surface area is 124 Å². The fourth-order valence-corrected chi connectivity index (χ4v) is 2.23. The monoisotopic (exact) mass is 336 g/mol. The topological polar surface area (TPSA) is 78.4 Å².